The number of hydrogen-bond acceptors (Lipinski definition) is 1. The molecular weight excluding hydrogens is 275 g/mol. The number of halogens is 2. The number of rotatable bonds is 6. The number of hydrogen-bond donors (Lipinski definition) is 0. The van der Waals surface area contributed by atoms with Crippen molar-refractivity contribution in [2.24, 2.45) is 0 Å². The molecule has 0 spiro atoms. The first-order valence-electron chi connectivity index (χ1n) is 5.25. The zero-order valence-corrected chi connectivity index (χ0v) is 11.3. The van der Waals surface area contributed by atoms with E-state index in [4.69, 9.17) is 16.3 Å². The fourth-order valence-electron chi connectivity index (χ4n) is 1.35. The smallest absolute Gasteiger partial charge is 0.141 e. The molecule has 0 aliphatic heterocycles. The first-order chi connectivity index (χ1) is 7.29. The summed E-state index contributed by atoms with van der Waals surface area (Å²) in [6, 6.07) is 5.83. The predicted octanol–water partition coefficient (Wildman–Crippen LogP) is 4.80. The predicted molar refractivity (Wildman–Crippen MR) is 69.1 cm³/mol. The van der Waals surface area contributed by atoms with Crippen LogP contribution in [-0.2, 0) is 5.33 Å². The van der Waals surface area contributed by atoms with Crippen LogP contribution in [-0.4, -0.2) is 6.61 Å². The molecule has 0 aliphatic rings. The van der Waals surface area contributed by atoms with Gasteiger partial charge in [-0.3, -0.25) is 0 Å². The maximum Gasteiger partial charge on any atom is 0.141 e. The molecule has 15 heavy (non-hydrogen) atoms. The van der Waals surface area contributed by atoms with Gasteiger partial charge in [0.2, 0.25) is 0 Å². The highest BCUT2D eigenvalue weighted by Crippen LogP contribution is 2.30. The van der Waals surface area contributed by atoms with E-state index in [2.05, 4.69) is 22.9 Å². The third kappa shape index (κ3) is 4.04. The largest absolute Gasteiger partial charge is 0.492 e. The summed E-state index contributed by atoms with van der Waals surface area (Å²) in [5.41, 5.74) is 1.11. The maximum absolute atomic E-state index is 6.08. The molecule has 1 nitrogen and oxygen atoms in total. The second kappa shape index (κ2) is 7.13. The van der Waals surface area contributed by atoms with Crippen molar-refractivity contribution in [3.05, 3.63) is 28.8 Å². The fraction of sp³-hybridized carbons (Fsp3) is 0.500. The zero-order valence-electron chi connectivity index (χ0n) is 8.93. The summed E-state index contributed by atoms with van der Waals surface area (Å²) in [6.07, 6.45) is 3.49. The minimum absolute atomic E-state index is 0.698. The minimum atomic E-state index is 0.698. The Hall–Kier alpha value is -0.210. The van der Waals surface area contributed by atoms with E-state index in [9.17, 15) is 0 Å². The molecule has 0 fully saturated rings. The van der Waals surface area contributed by atoms with Gasteiger partial charge in [0.15, 0.2) is 0 Å². The summed E-state index contributed by atoms with van der Waals surface area (Å²) in [4.78, 5) is 0. The van der Waals surface area contributed by atoms with E-state index in [-0.39, 0.29) is 0 Å². The molecule has 0 heterocycles. The van der Waals surface area contributed by atoms with Gasteiger partial charge < -0.3 is 4.74 Å². The van der Waals surface area contributed by atoms with Crippen LogP contribution in [0.3, 0.4) is 0 Å². The van der Waals surface area contributed by atoms with Crippen molar-refractivity contribution < 1.29 is 4.74 Å². The summed E-state index contributed by atoms with van der Waals surface area (Å²) >= 11 is 9.50. The van der Waals surface area contributed by atoms with Crippen molar-refractivity contribution >= 4 is 27.5 Å². The van der Waals surface area contributed by atoms with E-state index in [1.165, 1.54) is 12.8 Å². The molecule has 0 aliphatic carbocycles. The van der Waals surface area contributed by atoms with Gasteiger partial charge in [0, 0.05) is 10.9 Å². The minimum Gasteiger partial charge on any atom is -0.492 e. The molecule has 1 aromatic rings. The molecule has 84 valence electrons. The highest BCUT2D eigenvalue weighted by Gasteiger charge is 2.06. The molecule has 0 radical (unpaired) electrons. The van der Waals surface area contributed by atoms with Crippen LogP contribution in [0.4, 0.5) is 0 Å². The van der Waals surface area contributed by atoms with Gasteiger partial charge in [-0.05, 0) is 12.5 Å². The van der Waals surface area contributed by atoms with Gasteiger partial charge in [-0.1, -0.05) is 59.4 Å². The summed E-state index contributed by atoms with van der Waals surface area (Å²) < 4.78 is 5.70. The monoisotopic (exact) mass is 290 g/mol. The van der Waals surface area contributed by atoms with Crippen LogP contribution in [0.2, 0.25) is 5.02 Å². The SMILES string of the molecule is CCCCCOc1c(Cl)cccc1CBr. The van der Waals surface area contributed by atoms with Crippen LogP contribution in [0, 0.1) is 0 Å². The number of para-hydroxylation sites is 1. The summed E-state index contributed by atoms with van der Waals surface area (Å²) in [7, 11) is 0. The molecule has 1 rings (SSSR count). The average Bonchev–Trinajstić information content (AvgIpc) is 2.26. The second-order valence-electron chi connectivity index (χ2n) is 3.42. The number of unbranched alkanes of at least 4 members (excludes halogenated alkanes) is 2. The van der Waals surface area contributed by atoms with E-state index in [1.807, 2.05) is 18.2 Å². The Bertz CT molecular complexity index is 302. The quantitative estimate of drug-likeness (QED) is 0.540. The summed E-state index contributed by atoms with van der Waals surface area (Å²) in [5.74, 6) is 0.826. The summed E-state index contributed by atoms with van der Waals surface area (Å²) in [5, 5.41) is 1.47. The topological polar surface area (TPSA) is 9.23 Å². The van der Waals surface area contributed by atoms with Crippen molar-refractivity contribution in [3.63, 3.8) is 0 Å². The van der Waals surface area contributed by atoms with Crippen molar-refractivity contribution in [3.8, 4) is 5.75 Å². The highest BCUT2D eigenvalue weighted by molar-refractivity contribution is 9.08. The van der Waals surface area contributed by atoms with Crippen molar-refractivity contribution in [1.29, 1.82) is 0 Å². The molecule has 0 amide bonds. The van der Waals surface area contributed by atoms with E-state index < -0.39 is 0 Å². The molecule has 3 heteroatoms. The van der Waals surface area contributed by atoms with Crippen LogP contribution < -0.4 is 4.74 Å². The average molecular weight is 292 g/mol. The van der Waals surface area contributed by atoms with E-state index >= 15 is 0 Å². The Morgan fingerprint density at radius 1 is 1.33 bits per heavy atom. The van der Waals surface area contributed by atoms with Crippen molar-refractivity contribution in [1.82, 2.24) is 0 Å². The Balaban J connectivity index is 2.58. The maximum atomic E-state index is 6.08. The standard InChI is InChI=1S/C12H16BrClO/c1-2-3-4-8-15-12-10(9-13)6-5-7-11(12)14/h5-7H,2-4,8-9H2,1H3. The second-order valence-corrected chi connectivity index (χ2v) is 4.39. The lowest BCUT2D eigenvalue weighted by Gasteiger charge is -2.11. The lowest BCUT2D eigenvalue weighted by Crippen LogP contribution is -2.00. The fourth-order valence-corrected chi connectivity index (χ4v) is 2.04. The highest BCUT2D eigenvalue weighted by atomic mass is 79.9. The van der Waals surface area contributed by atoms with Crippen molar-refractivity contribution in [2.45, 2.75) is 31.5 Å². The van der Waals surface area contributed by atoms with Gasteiger partial charge >= 0.3 is 0 Å². The molecule has 0 unspecified atom stereocenters. The van der Waals surface area contributed by atoms with Gasteiger partial charge in [0.25, 0.3) is 0 Å². The lowest BCUT2D eigenvalue weighted by atomic mass is 10.2. The lowest BCUT2D eigenvalue weighted by molar-refractivity contribution is 0.304. The van der Waals surface area contributed by atoms with Crippen LogP contribution in [0.1, 0.15) is 31.7 Å². The van der Waals surface area contributed by atoms with E-state index in [0.717, 1.165) is 29.7 Å². The first-order valence-corrected chi connectivity index (χ1v) is 6.75. The molecule has 0 aromatic heterocycles. The molecule has 1 aromatic carbocycles. The van der Waals surface area contributed by atoms with Gasteiger partial charge in [-0.15, -0.1) is 0 Å². The molecule has 0 saturated carbocycles. The Morgan fingerprint density at radius 2 is 2.13 bits per heavy atom. The molecular formula is C12H16BrClO. The molecule has 0 atom stereocenters. The first kappa shape index (κ1) is 12.9. The third-order valence-electron chi connectivity index (χ3n) is 2.19. The van der Waals surface area contributed by atoms with Gasteiger partial charge in [-0.2, -0.15) is 0 Å². The zero-order chi connectivity index (χ0) is 11.1. The number of alkyl halides is 1. The van der Waals surface area contributed by atoms with Crippen molar-refractivity contribution in [2.75, 3.05) is 6.61 Å². The van der Waals surface area contributed by atoms with E-state index in [1.54, 1.807) is 0 Å². The Labute approximate surface area is 105 Å². The Morgan fingerprint density at radius 3 is 2.80 bits per heavy atom. The van der Waals surface area contributed by atoms with E-state index in [0.29, 0.717) is 5.02 Å². The number of ether oxygens (including phenoxy) is 1. The van der Waals surface area contributed by atoms with Gasteiger partial charge in [0.05, 0.1) is 11.6 Å². The normalized spacial score (nSPS) is 10.3. The molecule has 0 bridgehead atoms. The van der Waals surface area contributed by atoms with Gasteiger partial charge in [0.1, 0.15) is 5.75 Å². The van der Waals surface area contributed by atoms with Crippen LogP contribution in [0.15, 0.2) is 18.2 Å². The number of benzene rings is 1. The van der Waals surface area contributed by atoms with Gasteiger partial charge in [-0.25, -0.2) is 0 Å². The van der Waals surface area contributed by atoms with Crippen LogP contribution in [0.25, 0.3) is 0 Å². The third-order valence-corrected chi connectivity index (χ3v) is 3.09. The molecule has 0 N–H and O–H groups in total. The van der Waals surface area contributed by atoms with Crippen LogP contribution >= 0.6 is 27.5 Å². The summed E-state index contributed by atoms with van der Waals surface area (Å²) in [6.45, 7) is 2.93. The Kier molecular flexibility index (Phi) is 6.11. The molecule has 0 saturated heterocycles. The van der Waals surface area contributed by atoms with Crippen LogP contribution in [0.5, 0.6) is 5.75 Å².